The first-order valence-corrected chi connectivity index (χ1v) is 6.37. The maximum absolute atomic E-state index is 12.3. The summed E-state index contributed by atoms with van der Waals surface area (Å²) in [6.07, 6.45) is 0. The van der Waals surface area contributed by atoms with Crippen molar-refractivity contribution in [3.63, 3.8) is 0 Å². The summed E-state index contributed by atoms with van der Waals surface area (Å²) in [4.78, 5) is 13.9. The number of aryl methyl sites for hydroxylation is 1. The molecule has 2 aromatic rings. The lowest BCUT2D eigenvalue weighted by Crippen LogP contribution is -2.26. The van der Waals surface area contributed by atoms with Gasteiger partial charge in [-0.15, -0.1) is 0 Å². The molecule has 0 saturated heterocycles. The van der Waals surface area contributed by atoms with E-state index in [4.69, 9.17) is 5.73 Å². The lowest BCUT2D eigenvalue weighted by Gasteiger charge is -2.18. The molecule has 0 fully saturated rings. The normalized spacial score (nSPS) is 10.3. The molecule has 0 bridgehead atoms. The minimum atomic E-state index is -0.149. The summed E-state index contributed by atoms with van der Waals surface area (Å²) >= 11 is 0. The second-order valence-electron chi connectivity index (χ2n) is 4.86. The number of aromatic hydroxyl groups is 1. The van der Waals surface area contributed by atoms with Crippen molar-refractivity contribution in [3.05, 3.63) is 59.2 Å². The number of carbonyl (C=O) groups is 1. The van der Waals surface area contributed by atoms with E-state index in [0.717, 1.165) is 11.1 Å². The van der Waals surface area contributed by atoms with E-state index >= 15 is 0 Å². The highest BCUT2D eigenvalue weighted by Crippen LogP contribution is 2.19. The summed E-state index contributed by atoms with van der Waals surface area (Å²) < 4.78 is 0. The number of phenolic OH excluding ortho intramolecular Hbond substituents is 1. The SMILES string of the molecule is Cc1ccc(C(=O)N(C)Cc2ccccc2N)cc1O. The quantitative estimate of drug-likeness (QED) is 0.842. The predicted molar refractivity (Wildman–Crippen MR) is 79.5 cm³/mol. The van der Waals surface area contributed by atoms with E-state index < -0.39 is 0 Å². The van der Waals surface area contributed by atoms with Crippen LogP contribution in [0.4, 0.5) is 5.69 Å². The Morgan fingerprint density at radius 1 is 1.25 bits per heavy atom. The van der Waals surface area contributed by atoms with Gasteiger partial charge in [0.15, 0.2) is 0 Å². The van der Waals surface area contributed by atoms with Crippen molar-refractivity contribution in [1.82, 2.24) is 4.90 Å². The van der Waals surface area contributed by atoms with E-state index in [0.29, 0.717) is 17.8 Å². The molecule has 104 valence electrons. The highest BCUT2D eigenvalue weighted by atomic mass is 16.3. The van der Waals surface area contributed by atoms with E-state index in [1.165, 1.54) is 6.07 Å². The summed E-state index contributed by atoms with van der Waals surface area (Å²) in [6.45, 7) is 2.22. The molecule has 20 heavy (non-hydrogen) atoms. The van der Waals surface area contributed by atoms with E-state index in [-0.39, 0.29) is 11.7 Å². The first-order valence-electron chi connectivity index (χ1n) is 6.37. The molecule has 0 saturated carbocycles. The molecule has 2 rings (SSSR count). The summed E-state index contributed by atoms with van der Waals surface area (Å²) in [5, 5.41) is 9.67. The van der Waals surface area contributed by atoms with Gasteiger partial charge in [-0.1, -0.05) is 24.3 Å². The van der Waals surface area contributed by atoms with Crippen molar-refractivity contribution >= 4 is 11.6 Å². The van der Waals surface area contributed by atoms with Gasteiger partial charge in [-0.25, -0.2) is 0 Å². The summed E-state index contributed by atoms with van der Waals surface area (Å²) in [5.41, 5.74) is 8.65. The Hall–Kier alpha value is -2.49. The van der Waals surface area contributed by atoms with Crippen molar-refractivity contribution in [3.8, 4) is 5.75 Å². The second-order valence-corrected chi connectivity index (χ2v) is 4.86. The van der Waals surface area contributed by atoms with Crippen LogP contribution in [-0.4, -0.2) is 23.0 Å². The molecule has 3 N–H and O–H groups in total. The number of benzene rings is 2. The van der Waals surface area contributed by atoms with Crippen molar-refractivity contribution in [1.29, 1.82) is 0 Å². The van der Waals surface area contributed by atoms with Crippen LogP contribution in [0, 0.1) is 6.92 Å². The minimum absolute atomic E-state index is 0.128. The molecule has 0 aliphatic heterocycles. The molecule has 0 spiro atoms. The molecule has 0 unspecified atom stereocenters. The Kier molecular flexibility index (Phi) is 3.94. The number of nitrogens with two attached hydrogens (primary N) is 1. The Morgan fingerprint density at radius 3 is 2.60 bits per heavy atom. The number of hydrogen-bond donors (Lipinski definition) is 2. The van der Waals surface area contributed by atoms with Crippen molar-refractivity contribution in [2.24, 2.45) is 0 Å². The topological polar surface area (TPSA) is 66.6 Å². The molecule has 4 heteroatoms. The first-order chi connectivity index (χ1) is 9.49. The van der Waals surface area contributed by atoms with Gasteiger partial charge in [-0.05, 0) is 36.2 Å². The third-order valence-corrected chi connectivity index (χ3v) is 3.27. The number of amides is 1. The molecule has 0 aliphatic rings. The van der Waals surface area contributed by atoms with Gasteiger partial charge in [0.1, 0.15) is 5.75 Å². The molecule has 0 aromatic heterocycles. The number of nitrogen functional groups attached to an aromatic ring is 1. The van der Waals surface area contributed by atoms with Crippen molar-refractivity contribution in [2.45, 2.75) is 13.5 Å². The molecule has 0 heterocycles. The number of rotatable bonds is 3. The first kappa shape index (κ1) is 13.9. The van der Waals surface area contributed by atoms with Gasteiger partial charge >= 0.3 is 0 Å². The maximum Gasteiger partial charge on any atom is 0.254 e. The van der Waals surface area contributed by atoms with Crippen LogP contribution < -0.4 is 5.73 Å². The Labute approximate surface area is 118 Å². The molecule has 2 aromatic carbocycles. The van der Waals surface area contributed by atoms with Crippen LogP contribution >= 0.6 is 0 Å². The van der Waals surface area contributed by atoms with Gasteiger partial charge in [0.2, 0.25) is 0 Å². The molecular formula is C16H18N2O2. The number of anilines is 1. The average molecular weight is 270 g/mol. The smallest absolute Gasteiger partial charge is 0.254 e. The lowest BCUT2D eigenvalue weighted by atomic mass is 10.1. The van der Waals surface area contributed by atoms with Crippen LogP contribution in [0.25, 0.3) is 0 Å². The van der Waals surface area contributed by atoms with Gasteiger partial charge in [-0.3, -0.25) is 4.79 Å². The average Bonchev–Trinajstić information content (AvgIpc) is 2.43. The van der Waals surface area contributed by atoms with Gasteiger partial charge in [0, 0.05) is 24.8 Å². The monoisotopic (exact) mass is 270 g/mol. The van der Waals surface area contributed by atoms with Crippen LogP contribution in [-0.2, 0) is 6.54 Å². The van der Waals surface area contributed by atoms with Gasteiger partial charge in [0.05, 0.1) is 0 Å². The molecule has 1 amide bonds. The van der Waals surface area contributed by atoms with Crippen molar-refractivity contribution in [2.75, 3.05) is 12.8 Å². The van der Waals surface area contributed by atoms with E-state index in [9.17, 15) is 9.90 Å². The minimum Gasteiger partial charge on any atom is -0.508 e. The Balaban J connectivity index is 2.16. The Bertz CT molecular complexity index is 638. The molecule has 0 atom stereocenters. The fraction of sp³-hybridized carbons (Fsp3) is 0.188. The highest BCUT2D eigenvalue weighted by molar-refractivity contribution is 5.94. The fourth-order valence-corrected chi connectivity index (χ4v) is 1.97. The number of para-hydroxylation sites is 1. The van der Waals surface area contributed by atoms with Crippen LogP contribution in [0.15, 0.2) is 42.5 Å². The zero-order valence-corrected chi connectivity index (χ0v) is 11.6. The number of hydrogen-bond acceptors (Lipinski definition) is 3. The third-order valence-electron chi connectivity index (χ3n) is 3.27. The molecular weight excluding hydrogens is 252 g/mol. The summed E-state index contributed by atoms with van der Waals surface area (Å²) in [7, 11) is 1.71. The molecule has 4 nitrogen and oxygen atoms in total. The van der Waals surface area contributed by atoms with E-state index in [1.807, 2.05) is 24.3 Å². The van der Waals surface area contributed by atoms with E-state index in [1.54, 1.807) is 31.0 Å². The predicted octanol–water partition coefficient (Wildman–Crippen LogP) is 2.56. The van der Waals surface area contributed by atoms with Gasteiger partial charge < -0.3 is 15.7 Å². The highest BCUT2D eigenvalue weighted by Gasteiger charge is 2.14. The number of nitrogens with zero attached hydrogens (tertiary/aromatic N) is 1. The van der Waals surface area contributed by atoms with Crippen molar-refractivity contribution < 1.29 is 9.90 Å². The van der Waals surface area contributed by atoms with E-state index in [2.05, 4.69) is 0 Å². The van der Waals surface area contributed by atoms with Crippen LogP contribution in [0.3, 0.4) is 0 Å². The standard InChI is InChI=1S/C16H18N2O2/c1-11-7-8-12(9-15(11)19)16(20)18(2)10-13-5-3-4-6-14(13)17/h3-9,19H,10,17H2,1-2H3. The maximum atomic E-state index is 12.3. The van der Waals surface area contributed by atoms with Crippen LogP contribution in [0.5, 0.6) is 5.75 Å². The van der Waals surface area contributed by atoms with Gasteiger partial charge in [0.25, 0.3) is 5.91 Å². The number of phenols is 1. The van der Waals surface area contributed by atoms with Crippen LogP contribution in [0.2, 0.25) is 0 Å². The number of carbonyl (C=O) groups excluding carboxylic acids is 1. The Morgan fingerprint density at radius 2 is 1.95 bits per heavy atom. The largest absolute Gasteiger partial charge is 0.508 e. The third kappa shape index (κ3) is 2.91. The van der Waals surface area contributed by atoms with Crippen LogP contribution in [0.1, 0.15) is 21.5 Å². The summed E-state index contributed by atoms with van der Waals surface area (Å²) in [5.74, 6) is -0.0213. The zero-order chi connectivity index (χ0) is 14.7. The zero-order valence-electron chi connectivity index (χ0n) is 11.6. The molecule has 0 aliphatic carbocycles. The lowest BCUT2D eigenvalue weighted by molar-refractivity contribution is 0.0785. The second kappa shape index (κ2) is 5.65. The van der Waals surface area contributed by atoms with Gasteiger partial charge in [-0.2, -0.15) is 0 Å². The molecule has 0 radical (unpaired) electrons. The summed E-state index contributed by atoms with van der Waals surface area (Å²) in [6, 6.07) is 12.4. The fourth-order valence-electron chi connectivity index (χ4n) is 1.97.